The first-order chi connectivity index (χ1) is 14.6. The average Bonchev–Trinajstić information content (AvgIpc) is 3.36. The molecule has 0 spiro atoms. The molecule has 1 fully saturated rings. The number of carbonyl (C=O) groups is 1. The van der Waals surface area contributed by atoms with Crippen LogP contribution in [0.15, 0.2) is 66.9 Å². The number of carbonyl (C=O) groups excluding carboxylic acids is 1. The van der Waals surface area contributed by atoms with Gasteiger partial charge in [0.25, 0.3) is 0 Å². The Labute approximate surface area is 175 Å². The molecule has 6 nitrogen and oxygen atoms in total. The number of nitrogens with one attached hydrogen (secondary N) is 1. The van der Waals surface area contributed by atoms with Gasteiger partial charge in [0.1, 0.15) is 18.2 Å². The van der Waals surface area contributed by atoms with Crippen LogP contribution in [0.2, 0.25) is 0 Å². The van der Waals surface area contributed by atoms with Gasteiger partial charge >= 0.3 is 0 Å². The summed E-state index contributed by atoms with van der Waals surface area (Å²) < 4.78 is 20.9. The first-order valence-corrected chi connectivity index (χ1v) is 10.1. The molecule has 0 unspecified atom stereocenters. The number of aromatic nitrogens is 2. The smallest absolute Gasteiger partial charge is 0.230 e. The van der Waals surface area contributed by atoms with Gasteiger partial charge in [0.2, 0.25) is 5.91 Å². The minimum Gasteiger partial charge on any atom is -0.492 e. The second-order valence-electron chi connectivity index (χ2n) is 7.52. The molecule has 7 heteroatoms. The van der Waals surface area contributed by atoms with E-state index in [0.717, 1.165) is 11.3 Å². The number of benzene rings is 2. The first-order valence-electron chi connectivity index (χ1n) is 10.1. The molecule has 30 heavy (non-hydrogen) atoms. The average molecular weight is 408 g/mol. The number of hydrogen-bond donors (Lipinski definition) is 1. The Balaban J connectivity index is 1.43. The van der Waals surface area contributed by atoms with Crippen LogP contribution in [0.25, 0.3) is 0 Å². The molecule has 1 aromatic heterocycles. The number of anilines is 1. The molecule has 0 saturated carbocycles. The van der Waals surface area contributed by atoms with Crippen molar-refractivity contribution in [1.29, 1.82) is 0 Å². The van der Waals surface area contributed by atoms with Crippen LogP contribution in [0.3, 0.4) is 0 Å². The second kappa shape index (κ2) is 9.09. The van der Waals surface area contributed by atoms with E-state index >= 15 is 0 Å². The van der Waals surface area contributed by atoms with Gasteiger partial charge in [-0.25, -0.2) is 4.39 Å². The molecule has 3 aromatic rings. The normalized spacial score (nSPS) is 19.0. The van der Waals surface area contributed by atoms with Gasteiger partial charge in [-0.3, -0.25) is 14.4 Å². The Bertz CT molecular complexity index is 974. The Kier molecular flexibility index (Phi) is 6.09. The van der Waals surface area contributed by atoms with Gasteiger partial charge in [-0.05, 0) is 36.2 Å². The van der Waals surface area contributed by atoms with Gasteiger partial charge in [-0.15, -0.1) is 0 Å². The van der Waals surface area contributed by atoms with Gasteiger partial charge in [0.05, 0.1) is 5.92 Å². The zero-order chi connectivity index (χ0) is 20.9. The van der Waals surface area contributed by atoms with Crippen LogP contribution in [0, 0.1) is 11.7 Å². The fraction of sp³-hybridized carbons (Fsp3) is 0.304. The van der Waals surface area contributed by atoms with Crippen molar-refractivity contribution >= 4 is 11.7 Å². The third-order valence-electron chi connectivity index (χ3n) is 5.38. The van der Waals surface area contributed by atoms with Gasteiger partial charge < -0.3 is 10.1 Å². The number of hydrogen-bond acceptors (Lipinski definition) is 4. The van der Waals surface area contributed by atoms with Crippen LogP contribution < -0.4 is 10.1 Å². The predicted octanol–water partition coefficient (Wildman–Crippen LogP) is 3.64. The lowest BCUT2D eigenvalue weighted by atomic mass is 9.99. The van der Waals surface area contributed by atoms with Crippen LogP contribution in [-0.2, 0) is 11.8 Å². The van der Waals surface area contributed by atoms with Crippen molar-refractivity contribution in [2.45, 2.75) is 12.5 Å². The molecule has 4 rings (SSSR count). The summed E-state index contributed by atoms with van der Waals surface area (Å²) in [6, 6.07) is 18.0. The fourth-order valence-corrected chi connectivity index (χ4v) is 3.88. The van der Waals surface area contributed by atoms with Crippen molar-refractivity contribution < 1.29 is 13.9 Å². The van der Waals surface area contributed by atoms with Crippen molar-refractivity contribution in [2.75, 3.05) is 25.0 Å². The van der Waals surface area contributed by atoms with Gasteiger partial charge in [0.15, 0.2) is 5.82 Å². The maximum Gasteiger partial charge on any atom is 0.230 e. The largest absolute Gasteiger partial charge is 0.492 e. The second-order valence-corrected chi connectivity index (χ2v) is 7.52. The van der Waals surface area contributed by atoms with E-state index in [2.05, 4.69) is 15.3 Å². The van der Waals surface area contributed by atoms with Crippen molar-refractivity contribution in [3.05, 3.63) is 78.2 Å². The summed E-state index contributed by atoms with van der Waals surface area (Å²) in [5, 5.41) is 7.12. The van der Waals surface area contributed by atoms with Crippen molar-refractivity contribution in [3.8, 4) is 5.75 Å². The maximum atomic E-state index is 13.4. The van der Waals surface area contributed by atoms with E-state index in [0.29, 0.717) is 31.9 Å². The number of aryl methyl sites for hydroxylation is 1. The summed E-state index contributed by atoms with van der Waals surface area (Å²) in [4.78, 5) is 15.1. The van der Waals surface area contributed by atoms with Gasteiger partial charge in [-0.1, -0.05) is 30.3 Å². The summed E-state index contributed by atoms with van der Waals surface area (Å²) in [7, 11) is 1.81. The monoisotopic (exact) mass is 408 g/mol. The minimum absolute atomic E-state index is 0.0319. The number of halogens is 1. The third-order valence-corrected chi connectivity index (χ3v) is 5.38. The Morgan fingerprint density at radius 3 is 2.63 bits per heavy atom. The predicted molar refractivity (Wildman–Crippen MR) is 113 cm³/mol. The molecule has 2 heterocycles. The molecule has 2 atom stereocenters. The minimum atomic E-state index is -0.264. The number of ether oxygens (including phenoxy) is 1. The van der Waals surface area contributed by atoms with E-state index < -0.39 is 0 Å². The summed E-state index contributed by atoms with van der Waals surface area (Å²) in [5.74, 6) is 0.873. The lowest BCUT2D eigenvalue weighted by molar-refractivity contribution is -0.119. The third kappa shape index (κ3) is 4.86. The van der Waals surface area contributed by atoms with Crippen molar-refractivity contribution in [3.63, 3.8) is 0 Å². The molecule has 1 amide bonds. The standard InChI is InChI=1S/C23H25FN4O2/c1-27-12-11-22(26-27)25-23(29)18-15-21(17-7-9-19(24)10-8-17)28(16-18)13-14-30-20-5-3-2-4-6-20/h2-12,18,21H,13-16H2,1H3,(H,25,26,29)/t18-,21+/m1/s1. The van der Waals surface area contributed by atoms with Gasteiger partial charge in [-0.2, -0.15) is 5.10 Å². The molecule has 1 aliphatic heterocycles. The highest BCUT2D eigenvalue weighted by Crippen LogP contribution is 2.35. The van der Waals surface area contributed by atoms with E-state index in [-0.39, 0.29) is 23.7 Å². The van der Waals surface area contributed by atoms with E-state index in [1.807, 2.05) is 37.4 Å². The van der Waals surface area contributed by atoms with E-state index in [4.69, 9.17) is 4.74 Å². The molecule has 1 saturated heterocycles. The SMILES string of the molecule is Cn1ccc(NC(=O)[C@@H]2C[C@@H](c3ccc(F)cc3)N(CCOc3ccccc3)C2)n1. The van der Waals surface area contributed by atoms with Crippen molar-refractivity contribution in [1.82, 2.24) is 14.7 Å². The first kappa shape index (κ1) is 20.1. The number of nitrogens with zero attached hydrogens (tertiary/aromatic N) is 3. The number of para-hydroxylation sites is 1. The zero-order valence-electron chi connectivity index (χ0n) is 16.9. The summed E-state index contributed by atoms with van der Waals surface area (Å²) in [5.41, 5.74) is 1.00. The molecule has 0 bridgehead atoms. The lowest BCUT2D eigenvalue weighted by Crippen LogP contribution is -2.31. The van der Waals surface area contributed by atoms with Crippen LogP contribution in [0.4, 0.5) is 10.2 Å². The number of amides is 1. The highest BCUT2D eigenvalue weighted by Gasteiger charge is 2.37. The Morgan fingerprint density at radius 1 is 1.17 bits per heavy atom. The van der Waals surface area contributed by atoms with E-state index in [1.165, 1.54) is 12.1 Å². The highest BCUT2D eigenvalue weighted by molar-refractivity contribution is 5.92. The topological polar surface area (TPSA) is 59.4 Å². The number of likely N-dealkylation sites (tertiary alicyclic amines) is 1. The van der Waals surface area contributed by atoms with E-state index in [1.54, 1.807) is 29.1 Å². The molecule has 0 radical (unpaired) electrons. The molecular weight excluding hydrogens is 383 g/mol. The fourth-order valence-electron chi connectivity index (χ4n) is 3.88. The van der Waals surface area contributed by atoms with Crippen LogP contribution in [-0.4, -0.2) is 40.3 Å². The zero-order valence-corrected chi connectivity index (χ0v) is 16.9. The lowest BCUT2D eigenvalue weighted by Gasteiger charge is -2.24. The Morgan fingerprint density at radius 2 is 1.93 bits per heavy atom. The molecular formula is C23H25FN4O2. The van der Waals surface area contributed by atoms with E-state index in [9.17, 15) is 9.18 Å². The summed E-state index contributed by atoms with van der Waals surface area (Å²) in [6.07, 6.45) is 2.45. The van der Waals surface area contributed by atoms with Gasteiger partial charge in [0, 0.05) is 38.4 Å². The molecule has 2 aromatic carbocycles. The molecule has 1 aliphatic rings. The summed E-state index contributed by atoms with van der Waals surface area (Å²) in [6.45, 7) is 1.79. The number of rotatable bonds is 7. The van der Waals surface area contributed by atoms with Crippen LogP contribution in [0.1, 0.15) is 18.0 Å². The Hall–Kier alpha value is -3.19. The van der Waals surface area contributed by atoms with Crippen molar-refractivity contribution in [2.24, 2.45) is 13.0 Å². The maximum absolute atomic E-state index is 13.4. The molecule has 0 aliphatic carbocycles. The summed E-state index contributed by atoms with van der Waals surface area (Å²) >= 11 is 0. The quantitative estimate of drug-likeness (QED) is 0.649. The molecule has 156 valence electrons. The molecule has 1 N–H and O–H groups in total. The highest BCUT2D eigenvalue weighted by atomic mass is 19.1. The van der Waals surface area contributed by atoms with Crippen LogP contribution in [0.5, 0.6) is 5.75 Å². The van der Waals surface area contributed by atoms with Crippen LogP contribution >= 0.6 is 0 Å².